The van der Waals surface area contributed by atoms with Gasteiger partial charge in [0.15, 0.2) is 0 Å². The Kier molecular flexibility index (Phi) is 7.14. The van der Waals surface area contributed by atoms with Gasteiger partial charge in [0.2, 0.25) is 0 Å². The molecule has 0 aromatic carbocycles. The van der Waals surface area contributed by atoms with Gasteiger partial charge < -0.3 is 5.11 Å². The molecule has 0 amide bonds. The maximum atomic E-state index is 11.7. The number of rotatable bonds is 8. The van der Waals surface area contributed by atoms with Crippen molar-refractivity contribution in [1.29, 1.82) is 0 Å². The smallest absolute Gasteiger partial charge is 0.323 e. The van der Waals surface area contributed by atoms with Crippen molar-refractivity contribution in [2.24, 2.45) is 0 Å². The molecule has 1 aliphatic carbocycles. The fourth-order valence-corrected chi connectivity index (χ4v) is 3.90. The van der Waals surface area contributed by atoms with Crippen molar-refractivity contribution in [3.8, 4) is 0 Å². The number of carboxylic acid groups (broad SMARTS) is 1. The van der Waals surface area contributed by atoms with Gasteiger partial charge in [0.05, 0.1) is 0 Å². The zero-order valence-corrected chi connectivity index (χ0v) is 14.5. The molecule has 1 aliphatic rings. The van der Waals surface area contributed by atoms with Crippen molar-refractivity contribution < 1.29 is 9.90 Å². The first-order valence-corrected chi connectivity index (χ1v) is 8.57. The topological polar surface area (TPSA) is 52.6 Å². The fourth-order valence-electron chi connectivity index (χ4n) is 3.90. The number of carboxylic acids is 1. The monoisotopic (exact) mass is 298 g/mol. The average molecular weight is 298 g/mol. The lowest BCUT2D eigenvalue weighted by Gasteiger charge is -2.41. The molecule has 124 valence electrons. The van der Waals surface area contributed by atoms with Crippen molar-refractivity contribution in [3.63, 3.8) is 0 Å². The van der Waals surface area contributed by atoms with Crippen molar-refractivity contribution in [3.05, 3.63) is 0 Å². The highest BCUT2D eigenvalue weighted by Gasteiger charge is 2.37. The van der Waals surface area contributed by atoms with Crippen LogP contribution in [0.25, 0.3) is 0 Å². The number of hydrogen-bond acceptors (Lipinski definition) is 3. The molecule has 1 fully saturated rings. The SMILES string of the molecule is CCN(C(C)CC(C)(NC(C)C)C(=O)O)C1CCCCC1. The van der Waals surface area contributed by atoms with E-state index in [1.165, 1.54) is 32.1 Å². The van der Waals surface area contributed by atoms with Crippen molar-refractivity contribution in [2.75, 3.05) is 6.54 Å². The molecule has 1 rings (SSSR count). The molecule has 4 heteroatoms. The van der Waals surface area contributed by atoms with Crippen LogP contribution in [0, 0.1) is 0 Å². The molecular weight excluding hydrogens is 264 g/mol. The molecule has 2 atom stereocenters. The van der Waals surface area contributed by atoms with Gasteiger partial charge in [0.1, 0.15) is 5.54 Å². The summed E-state index contributed by atoms with van der Waals surface area (Å²) in [7, 11) is 0. The van der Waals surface area contributed by atoms with E-state index >= 15 is 0 Å². The Morgan fingerprint density at radius 2 is 1.86 bits per heavy atom. The third kappa shape index (κ3) is 5.26. The first kappa shape index (κ1) is 18.4. The maximum Gasteiger partial charge on any atom is 0.323 e. The molecule has 4 nitrogen and oxygen atoms in total. The standard InChI is InChI=1S/C17H34N2O2/c1-6-19(15-10-8-7-9-11-15)14(4)12-17(5,16(20)21)18-13(2)3/h13-15,18H,6-12H2,1-5H3,(H,20,21). The van der Waals surface area contributed by atoms with Gasteiger partial charge in [0.25, 0.3) is 0 Å². The summed E-state index contributed by atoms with van der Waals surface area (Å²) in [6.07, 6.45) is 7.15. The molecule has 0 aromatic rings. The predicted octanol–water partition coefficient (Wildman–Crippen LogP) is 3.26. The van der Waals surface area contributed by atoms with Crippen molar-refractivity contribution in [1.82, 2.24) is 10.2 Å². The summed E-state index contributed by atoms with van der Waals surface area (Å²) in [5.41, 5.74) is -0.852. The Balaban J connectivity index is 2.73. The number of hydrogen-bond donors (Lipinski definition) is 2. The molecule has 2 N–H and O–H groups in total. The Morgan fingerprint density at radius 1 is 1.29 bits per heavy atom. The Morgan fingerprint density at radius 3 is 2.29 bits per heavy atom. The molecule has 0 aromatic heterocycles. The molecule has 0 bridgehead atoms. The Labute approximate surface area is 130 Å². The van der Waals surface area contributed by atoms with Crippen LogP contribution in [0.3, 0.4) is 0 Å². The Bertz CT molecular complexity index is 327. The normalized spacial score (nSPS) is 21.5. The third-order valence-electron chi connectivity index (χ3n) is 4.76. The van der Waals surface area contributed by atoms with E-state index in [1.54, 1.807) is 0 Å². The van der Waals surface area contributed by atoms with E-state index < -0.39 is 11.5 Å². The minimum Gasteiger partial charge on any atom is -0.480 e. The summed E-state index contributed by atoms with van der Waals surface area (Å²) in [5, 5.41) is 12.9. The van der Waals surface area contributed by atoms with Crippen LogP contribution in [0.4, 0.5) is 0 Å². The summed E-state index contributed by atoms with van der Waals surface area (Å²) in [6, 6.07) is 1.09. The van der Waals surface area contributed by atoms with Gasteiger partial charge in [-0.05, 0) is 53.5 Å². The van der Waals surface area contributed by atoms with Gasteiger partial charge in [-0.25, -0.2) is 0 Å². The van der Waals surface area contributed by atoms with Gasteiger partial charge in [0, 0.05) is 18.1 Å². The number of aliphatic carboxylic acids is 1. The van der Waals surface area contributed by atoms with E-state index in [2.05, 4.69) is 24.1 Å². The van der Waals surface area contributed by atoms with Gasteiger partial charge in [-0.2, -0.15) is 0 Å². The zero-order valence-electron chi connectivity index (χ0n) is 14.5. The molecule has 2 unspecified atom stereocenters. The van der Waals surface area contributed by atoms with E-state index in [0.717, 1.165) is 6.54 Å². The molecule has 0 heterocycles. The molecule has 0 aliphatic heterocycles. The second-order valence-electron chi connectivity index (χ2n) is 7.11. The highest BCUT2D eigenvalue weighted by Crippen LogP contribution is 2.27. The first-order chi connectivity index (χ1) is 9.80. The van der Waals surface area contributed by atoms with Crippen LogP contribution in [-0.4, -0.2) is 46.2 Å². The summed E-state index contributed by atoms with van der Waals surface area (Å²) in [4.78, 5) is 14.2. The van der Waals surface area contributed by atoms with Gasteiger partial charge in [-0.15, -0.1) is 0 Å². The van der Waals surface area contributed by atoms with Gasteiger partial charge in [-0.3, -0.25) is 15.0 Å². The summed E-state index contributed by atoms with van der Waals surface area (Å²) < 4.78 is 0. The van der Waals surface area contributed by atoms with Gasteiger partial charge >= 0.3 is 5.97 Å². The van der Waals surface area contributed by atoms with Crippen LogP contribution in [-0.2, 0) is 4.79 Å². The zero-order chi connectivity index (χ0) is 16.0. The Hall–Kier alpha value is -0.610. The highest BCUT2D eigenvalue weighted by atomic mass is 16.4. The van der Waals surface area contributed by atoms with E-state index in [4.69, 9.17) is 0 Å². The molecule has 0 radical (unpaired) electrons. The van der Waals surface area contributed by atoms with E-state index in [-0.39, 0.29) is 12.1 Å². The fraction of sp³-hybridized carbons (Fsp3) is 0.941. The van der Waals surface area contributed by atoms with Crippen LogP contribution in [0.5, 0.6) is 0 Å². The second-order valence-corrected chi connectivity index (χ2v) is 7.11. The lowest BCUT2D eigenvalue weighted by atomic mass is 9.88. The summed E-state index contributed by atoms with van der Waals surface area (Å²) in [5.74, 6) is -0.747. The summed E-state index contributed by atoms with van der Waals surface area (Å²) in [6.45, 7) is 11.2. The minimum atomic E-state index is -0.852. The highest BCUT2D eigenvalue weighted by molar-refractivity contribution is 5.78. The summed E-state index contributed by atoms with van der Waals surface area (Å²) >= 11 is 0. The van der Waals surface area contributed by atoms with Crippen LogP contribution in [0.2, 0.25) is 0 Å². The lowest BCUT2D eigenvalue weighted by Crippen LogP contribution is -2.56. The first-order valence-electron chi connectivity index (χ1n) is 8.57. The maximum absolute atomic E-state index is 11.7. The third-order valence-corrected chi connectivity index (χ3v) is 4.76. The van der Waals surface area contributed by atoms with Crippen LogP contribution >= 0.6 is 0 Å². The molecular formula is C17H34N2O2. The number of nitrogens with one attached hydrogen (secondary N) is 1. The number of carbonyl (C=O) groups is 1. The lowest BCUT2D eigenvalue weighted by molar-refractivity contribution is -0.145. The number of nitrogens with zero attached hydrogens (tertiary/aromatic N) is 1. The minimum absolute atomic E-state index is 0.169. The van der Waals surface area contributed by atoms with E-state index in [1.807, 2.05) is 20.8 Å². The van der Waals surface area contributed by atoms with Gasteiger partial charge in [-0.1, -0.05) is 26.2 Å². The molecule has 0 spiro atoms. The molecule has 1 saturated carbocycles. The average Bonchev–Trinajstić information content (AvgIpc) is 2.39. The predicted molar refractivity (Wildman–Crippen MR) is 87.6 cm³/mol. The van der Waals surface area contributed by atoms with E-state index in [0.29, 0.717) is 12.5 Å². The second kappa shape index (κ2) is 8.14. The van der Waals surface area contributed by atoms with Crippen LogP contribution < -0.4 is 5.32 Å². The molecule has 21 heavy (non-hydrogen) atoms. The quantitative estimate of drug-likeness (QED) is 0.722. The van der Waals surface area contributed by atoms with Crippen LogP contribution in [0.1, 0.15) is 73.1 Å². The molecule has 0 saturated heterocycles. The largest absolute Gasteiger partial charge is 0.480 e. The van der Waals surface area contributed by atoms with Crippen LogP contribution in [0.15, 0.2) is 0 Å². The van der Waals surface area contributed by atoms with E-state index in [9.17, 15) is 9.90 Å². The van der Waals surface area contributed by atoms with Crippen molar-refractivity contribution >= 4 is 5.97 Å². The van der Waals surface area contributed by atoms with Crippen molar-refractivity contribution in [2.45, 2.75) is 96.8 Å².